The molecule has 0 spiro atoms. The Morgan fingerprint density at radius 2 is 2.21 bits per heavy atom. The molecule has 2 rings (SSSR count). The van der Waals surface area contributed by atoms with Crippen molar-refractivity contribution in [2.45, 2.75) is 6.42 Å². The first-order valence-electron chi connectivity index (χ1n) is 4.40. The molecule has 4 heteroatoms. The van der Waals surface area contributed by atoms with Crippen molar-refractivity contribution in [3.05, 3.63) is 34.6 Å². The van der Waals surface area contributed by atoms with E-state index in [0.717, 1.165) is 27.5 Å². The van der Waals surface area contributed by atoms with Gasteiger partial charge in [-0.05, 0) is 46.6 Å². The minimum atomic E-state index is 0.636. The summed E-state index contributed by atoms with van der Waals surface area (Å²) in [5, 5.41) is 0. The van der Waals surface area contributed by atoms with Crippen LogP contribution in [-0.4, -0.2) is 16.5 Å². The summed E-state index contributed by atoms with van der Waals surface area (Å²) >= 11 is 3.37. The molecule has 0 unspecified atom stereocenters. The maximum atomic E-state index is 5.52. The lowest BCUT2D eigenvalue weighted by Crippen LogP contribution is -2.03. The van der Waals surface area contributed by atoms with Crippen LogP contribution >= 0.6 is 15.9 Å². The van der Waals surface area contributed by atoms with E-state index in [1.807, 2.05) is 12.1 Å². The van der Waals surface area contributed by atoms with Crippen LogP contribution < -0.4 is 5.73 Å². The summed E-state index contributed by atoms with van der Waals surface area (Å²) in [4.78, 5) is 8.59. The normalized spacial score (nSPS) is 10.7. The third-order valence-electron chi connectivity index (χ3n) is 2.04. The second kappa shape index (κ2) is 4.02. The lowest BCUT2D eigenvalue weighted by molar-refractivity contribution is 0.970. The quantitative estimate of drug-likeness (QED) is 0.887. The predicted octanol–water partition coefficient (Wildman–Crippen LogP) is 1.89. The van der Waals surface area contributed by atoms with Gasteiger partial charge in [0.2, 0.25) is 0 Å². The molecule has 0 bridgehead atoms. The zero-order valence-electron chi connectivity index (χ0n) is 7.57. The van der Waals surface area contributed by atoms with Crippen molar-refractivity contribution < 1.29 is 0 Å². The van der Waals surface area contributed by atoms with Crippen molar-refractivity contribution in [3.8, 4) is 0 Å². The summed E-state index contributed by atoms with van der Waals surface area (Å²) in [6, 6.07) is 3.93. The fraction of sp³-hybridized carbons (Fsp3) is 0.200. The topological polar surface area (TPSA) is 51.8 Å². The van der Waals surface area contributed by atoms with Gasteiger partial charge in [0.15, 0.2) is 0 Å². The molecule has 72 valence electrons. The van der Waals surface area contributed by atoms with Gasteiger partial charge in [-0.1, -0.05) is 0 Å². The first kappa shape index (κ1) is 9.55. The van der Waals surface area contributed by atoms with Crippen molar-refractivity contribution in [1.29, 1.82) is 0 Å². The van der Waals surface area contributed by atoms with Gasteiger partial charge >= 0.3 is 0 Å². The van der Waals surface area contributed by atoms with Gasteiger partial charge in [0, 0.05) is 16.9 Å². The summed E-state index contributed by atoms with van der Waals surface area (Å²) in [6.07, 6.45) is 4.42. The SMILES string of the molecule is NCCc1ccnc2cc(Br)cnc12. The molecule has 0 fully saturated rings. The van der Waals surface area contributed by atoms with Gasteiger partial charge in [0.05, 0.1) is 11.0 Å². The fourth-order valence-corrected chi connectivity index (χ4v) is 1.74. The lowest BCUT2D eigenvalue weighted by atomic mass is 10.1. The molecule has 0 aromatic carbocycles. The number of pyridine rings is 2. The molecule has 2 aromatic heterocycles. The molecule has 0 aliphatic heterocycles. The fourth-order valence-electron chi connectivity index (χ4n) is 1.42. The number of aromatic nitrogens is 2. The van der Waals surface area contributed by atoms with Gasteiger partial charge in [0.25, 0.3) is 0 Å². The van der Waals surface area contributed by atoms with Crippen LogP contribution in [0.4, 0.5) is 0 Å². The van der Waals surface area contributed by atoms with Crippen LogP contribution in [0.1, 0.15) is 5.56 Å². The van der Waals surface area contributed by atoms with Crippen LogP contribution in [0.2, 0.25) is 0 Å². The Balaban J connectivity index is 2.62. The van der Waals surface area contributed by atoms with Gasteiger partial charge < -0.3 is 5.73 Å². The van der Waals surface area contributed by atoms with Crippen molar-refractivity contribution >= 4 is 27.0 Å². The Morgan fingerprint density at radius 1 is 1.36 bits per heavy atom. The Bertz CT molecular complexity index is 456. The minimum Gasteiger partial charge on any atom is -0.330 e. The molecular weight excluding hydrogens is 242 g/mol. The first-order chi connectivity index (χ1) is 6.81. The van der Waals surface area contributed by atoms with Crippen molar-refractivity contribution in [2.24, 2.45) is 5.73 Å². The molecule has 2 N–H and O–H groups in total. The second-order valence-electron chi connectivity index (χ2n) is 3.03. The molecule has 2 aromatic rings. The molecule has 0 radical (unpaired) electrons. The van der Waals surface area contributed by atoms with E-state index < -0.39 is 0 Å². The molecule has 0 aliphatic rings. The summed E-state index contributed by atoms with van der Waals surface area (Å²) in [7, 11) is 0. The highest BCUT2D eigenvalue weighted by Crippen LogP contribution is 2.18. The van der Waals surface area contributed by atoms with Crippen molar-refractivity contribution in [2.75, 3.05) is 6.54 Å². The lowest BCUT2D eigenvalue weighted by Gasteiger charge is -2.03. The van der Waals surface area contributed by atoms with Crippen molar-refractivity contribution in [3.63, 3.8) is 0 Å². The number of nitrogens with zero attached hydrogens (tertiary/aromatic N) is 2. The average Bonchev–Trinajstić information content (AvgIpc) is 2.18. The molecular formula is C10H10BrN3. The smallest absolute Gasteiger partial charge is 0.0919 e. The molecule has 0 saturated heterocycles. The second-order valence-corrected chi connectivity index (χ2v) is 3.95. The first-order valence-corrected chi connectivity index (χ1v) is 5.20. The number of halogens is 1. The van der Waals surface area contributed by atoms with Crippen LogP contribution in [-0.2, 0) is 6.42 Å². The Labute approximate surface area is 90.5 Å². The van der Waals surface area contributed by atoms with Crippen LogP contribution in [0, 0.1) is 0 Å². The molecule has 0 atom stereocenters. The average molecular weight is 252 g/mol. The Morgan fingerprint density at radius 3 is 3.00 bits per heavy atom. The zero-order chi connectivity index (χ0) is 9.97. The number of rotatable bonds is 2. The highest BCUT2D eigenvalue weighted by atomic mass is 79.9. The molecule has 14 heavy (non-hydrogen) atoms. The molecule has 3 nitrogen and oxygen atoms in total. The summed E-state index contributed by atoms with van der Waals surface area (Å²) in [6.45, 7) is 0.636. The predicted molar refractivity (Wildman–Crippen MR) is 60.0 cm³/mol. The van der Waals surface area contributed by atoms with E-state index in [0.29, 0.717) is 6.54 Å². The van der Waals surface area contributed by atoms with E-state index in [1.54, 1.807) is 12.4 Å². The monoisotopic (exact) mass is 251 g/mol. The van der Waals surface area contributed by atoms with E-state index >= 15 is 0 Å². The van der Waals surface area contributed by atoms with Gasteiger partial charge in [-0.2, -0.15) is 0 Å². The molecule has 0 amide bonds. The molecule has 0 saturated carbocycles. The van der Waals surface area contributed by atoms with Crippen LogP contribution in [0.5, 0.6) is 0 Å². The van der Waals surface area contributed by atoms with Gasteiger partial charge in [-0.25, -0.2) is 0 Å². The summed E-state index contributed by atoms with van der Waals surface area (Å²) < 4.78 is 0.947. The number of fused-ring (bicyclic) bond motifs is 1. The van der Waals surface area contributed by atoms with Crippen LogP contribution in [0.15, 0.2) is 29.0 Å². The van der Waals surface area contributed by atoms with Crippen LogP contribution in [0.25, 0.3) is 11.0 Å². The number of hydrogen-bond donors (Lipinski definition) is 1. The van der Waals surface area contributed by atoms with E-state index in [4.69, 9.17) is 5.73 Å². The van der Waals surface area contributed by atoms with E-state index in [1.165, 1.54) is 0 Å². The van der Waals surface area contributed by atoms with E-state index in [9.17, 15) is 0 Å². The van der Waals surface area contributed by atoms with Gasteiger partial charge in [0.1, 0.15) is 0 Å². The zero-order valence-corrected chi connectivity index (χ0v) is 9.16. The maximum absolute atomic E-state index is 5.52. The summed E-state index contributed by atoms with van der Waals surface area (Å²) in [5.74, 6) is 0. The van der Waals surface area contributed by atoms with Crippen LogP contribution in [0.3, 0.4) is 0 Å². The highest BCUT2D eigenvalue weighted by molar-refractivity contribution is 9.10. The number of nitrogens with two attached hydrogens (primary N) is 1. The largest absolute Gasteiger partial charge is 0.330 e. The highest BCUT2D eigenvalue weighted by Gasteiger charge is 2.02. The molecule has 2 heterocycles. The molecule has 0 aliphatic carbocycles. The number of hydrogen-bond acceptors (Lipinski definition) is 3. The van der Waals surface area contributed by atoms with Gasteiger partial charge in [-0.15, -0.1) is 0 Å². The Kier molecular flexibility index (Phi) is 2.74. The summed E-state index contributed by atoms with van der Waals surface area (Å²) in [5.41, 5.74) is 8.53. The standard InChI is InChI=1S/C10H10BrN3/c11-8-5-9-10(14-6-8)7(1-3-12)2-4-13-9/h2,4-6H,1,3,12H2. The van der Waals surface area contributed by atoms with E-state index in [-0.39, 0.29) is 0 Å². The maximum Gasteiger partial charge on any atom is 0.0919 e. The van der Waals surface area contributed by atoms with Gasteiger partial charge in [-0.3, -0.25) is 9.97 Å². The Hall–Kier alpha value is -1.00. The third-order valence-corrected chi connectivity index (χ3v) is 2.48. The van der Waals surface area contributed by atoms with Crippen molar-refractivity contribution in [1.82, 2.24) is 9.97 Å². The third kappa shape index (κ3) is 1.76. The minimum absolute atomic E-state index is 0.636. The van der Waals surface area contributed by atoms with E-state index in [2.05, 4.69) is 25.9 Å².